The standard InChI is InChI=1S/C12H19ClN4/c1-9-7-14-11(13)16-10(9)15-8-12(17(2)3)5-4-6-12/h7H,4-6,8H2,1-3H3,(H,14,15,16). The monoisotopic (exact) mass is 254 g/mol. The summed E-state index contributed by atoms with van der Waals surface area (Å²) in [6, 6.07) is 0. The molecule has 1 heterocycles. The van der Waals surface area contributed by atoms with Crippen molar-refractivity contribution >= 4 is 17.4 Å². The van der Waals surface area contributed by atoms with Crippen LogP contribution in [0, 0.1) is 6.92 Å². The Kier molecular flexibility index (Phi) is 3.54. The summed E-state index contributed by atoms with van der Waals surface area (Å²) in [6.45, 7) is 2.90. The molecule has 2 rings (SSSR count). The Hall–Kier alpha value is -0.870. The highest BCUT2D eigenvalue weighted by atomic mass is 35.5. The van der Waals surface area contributed by atoms with E-state index >= 15 is 0 Å². The molecule has 94 valence electrons. The van der Waals surface area contributed by atoms with Crippen LogP contribution < -0.4 is 5.32 Å². The molecule has 0 bridgehead atoms. The maximum atomic E-state index is 5.80. The smallest absolute Gasteiger partial charge is 0.224 e. The maximum Gasteiger partial charge on any atom is 0.224 e. The summed E-state index contributed by atoms with van der Waals surface area (Å²) in [6.07, 6.45) is 5.54. The lowest BCUT2D eigenvalue weighted by Crippen LogP contribution is -2.54. The van der Waals surface area contributed by atoms with E-state index in [0.29, 0.717) is 5.28 Å². The predicted molar refractivity (Wildman–Crippen MR) is 70.5 cm³/mol. The molecular weight excluding hydrogens is 236 g/mol. The summed E-state index contributed by atoms with van der Waals surface area (Å²) < 4.78 is 0. The van der Waals surface area contributed by atoms with Crippen molar-refractivity contribution < 1.29 is 0 Å². The molecule has 1 aliphatic carbocycles. The molecule has 1 aliphatic rings. The molecular formula is C12H19ClN4. The van der Waals surface area contributed by atoms with E-state index < -0.39 is 0 Å². The third-order valence-corrected chi connectivity index (χ3v) is 3.94. The van der Waals surface area contributed by atoms with Gasteiger partial charge in [-0.3, -0.25) is 0 Å². The Labute approximate surface area is 107 Å². The lowest BCUT2D eigenvalue weighted by molar-refractivity contribution is 0.0738. The van der Waals surface area contributed by atoms with Crippen molar-refractivity contribution in [2.75, 3.05) is 26.0 Å². The predicted octanol–water partition coefficient (Wildman–Crippen LogP) is 2.33. The molecule has 1 saturated carbocycles. The van der Waals surface area contributed by atoms with Crippen LogP contribution in [0.15, 0.2) is 6.20 Å². The SMILES string of the molecule is Cc1cnc(Cl)nc1NCC1(N(C)C)CCC1. The highest BCUT2D eigenvalue weighted by Gasteiger charge is 2.38. The Morgan fingerprint density at radius 2 is 2.18 bits per heavy atom. The molecule has 0 radical (unpaired) electrons. The first-order chi connectivity index (χ1) is 8.03. The van der Waals surface area contributed by atoms with E-state index in [9.17, 15) is 0 Å². The Morgan fingerprint density at radius 3 is 2.71 bits per heavy atom. The zero-order valence-corrected chi connectivity index (χ0v) is 11.4. The van der Waals surface area contributed by atoms with Gasteiger partial charge >= 0.3 is 0 Å². The van der Waals surface area contributed by atoms with Gasteiger partial charge in [-0.1, -0.05) is 0 Å². The molecule has 0 amide bonds. The molecule has 1 N–H and O–H groups in total. The van der Waals surface area contributed by atoms with Gasteiger partial charge in [-0.25, -0.2) is 9.97 Å². The summed E-state index contributed by atoms with van der Waals surface area (Å²) in [4.78, 5) is 10.5. The highest BCUT2D eigenvalue weighted by Crippen LogP contribution is 2.36. The molecule has 0 aromatic carbocycles. The third kappa shape index (κ3) is 2.53. The molecule has 0 atom stereocenters. The second kappa shape index (κ2) is 4.78. The van der Waals surface area contributed by atoms with Gasteiger partial charge in [0.15, 0.2) is 0 Å². The van der Waals surface area contributed by atoms with E-state index in [1.54, 1.807) is 6.20 Å². The van der Waals surface area contributed by atoms with E-state index in [2.05, 4.69) is 34.3 Å². The van der Waals surface area contributed by atoms with Crippen LogP contribution in [0.2, 0.25) is 5.28 Å². The normalized spacial score (nSPS) is 17.9. The van der Waals surface area contributed by atoms with Gasteiger partial charge in [0, 0.05) is 23.8 Å². The number of nitrogens with zero attached hydrogens (tertiary/aromatic N) is 3. The first-order valence-electron chi connectivity index (χ1n) is 5.94. The third-order valence-electron chi connectivity index (χ3n) is 3.76. The van der Waals surface area contributed by atoms with Gasteiger partial charge in [0.2, 0.25) is 5.28 Å². The van der Waals surface area contributed by atoms with Crippen molar-refractivity contribution in [1.82, 2.24) is 14.9 Å². The average Bonchev–Trinajstić information content (AvgIpc) is 2.21. The number of anilines is 1. The number of rotatable bonds is 4. The first kappa shape index (κ1) is 12.6. The molecule has 17 heavy (non-hydrogen) atoms. The summed E-state index contributed by atoms with van der Waals surface area (Å²) in [7, 11) is 4.28. The van der Waals surface area contributed by atoms with Crippen molar-refractivity contribution in [2.24, 2.45) is 0 Å². The van der Waals surface area contributed by atoms with Crippen molar-refractivity contribution in [3.8, 4) is 0 Å². The van der Waals surface area contributed by atoms with Gasteiger partial charge in [0.25, 0.3) is 0 Å². The minimum atomic E-state index is 0.282. The summed E-state index contributed by atoms with van der Waals surface area (Å²) in [5, 5.41) is 3.70. The van der Waals surface area contributed by atoms with Crippen LogP contribution in [0.25, 0.3) is 0 Å². The molecule has 0 unspecified atom stereocenters. The first-order valence-corrected chi connectivity index (χ1v) is 6.32. The summed E-state index contributed by atoms with van der Waals surface area (Å²) in [5.74, 6) is 0.845. The van der Waals surface area contributed by atoms with E-state index in [4.69, 9.17) is 11.6 Å². The van der Waals surface area contributed by atoms with Gasteiger partial charge in [-0.15, -0.1) is 0 Å². The zero-order valence-electron chi connectivity index (χ0n) is 10.6. The van der Waals surface area contributed by atoms with Gasteiger partial charge in [0.1, 0.15) is 5.82 Å². The average molecular weight is 255 g/mol. The Balaban J connectivity index is 2.04. The van der Waals surface area contributed by atoms with Gasteiger partial charge in [0.05, 0.1) is 0 Å². The molecule has 5 heteroatoms. The topological polar surface area (TPSA) is 41.1 Å². The number of nitrogens with one attached hydrogen (secondary N) is 1. The molecule has 0 saturated heterocycles. The molecule has 1 fully saturated rings. The van der Waals surface area contributed by atoms with Gasteiger partial charge in [-0.05, 0) is 51.9 Å². The van der Waals surface area contributed by atoms with Crippen LogP contribution in [0.3, 0.4) is 0 Å². The van der Waals surface area contributed by atoms with Crippen molar-refractivity contribution in [2.45, 2.75) is 31.7 Å². The fourth-order valence-electron chi connectivity index (χ4n) is 2.21. The second-order valence-electron chi connectivity index (χ2n) is 5.00. The molecule has 4 nitrogen and oxygen atoms in total. The van der Waals surface area contributed by atoms with E-state index in [1.165, 1.54) is 19.3 Å². The van der Waals surface area contributed by atoms with Crippen LogP contribution in [-0.2, 0) is 0 Å². The Morgan fingerprint density at radius 1 is 1.47 bits per heavy atom. The van der Waals surface area contributed by atoms with Gasteiger partial charge in [-0.2, -0.15) is 0 Å². The lowest BCUT2D eigenvalue weighted by atomic mass is 9.75. The molecule has 0 spiro atoms. The van der Waals surface area contributed by atoms with E-state index in [0.717, 1.165) is 17.9 Å². The number of halogens is 1. The Bertz CT molecular complexity index is 401. The minimum absolute atomic E-state index is 0.282. The highest BCUT2D eigenvalue weighted by molar-refractivity contribution is 6.28. The lowest BCUT2D eigenvalue weighted by Gasteiger charge is -2.47. The molecule has 1 aromatic rings. The van der Waals surface area contributed by atoms with Gasteiger partial charge < -0.3 is 10.2 Å². The van der Waals surface area contributed by atoms with Crippen LogP contribution in [-0.4, -0.2) is 41.0 Å². The fraction of sp³-hybridized carbons (Fsp3) is 0.667. The van der Waals surface area contributed by atoms with Crippen molar-refractivity contribution in [1.29, 1.82) is 0 Å². The van der Waals surface area contributed by atoms with Crippen molar-refractivity contribution in [3.63, 3.8) is 0 Å². The van der Waals surface area contributed by atoms with Crippen LogP contribution in [0.5, 0.6) is 0 Å². The molecule has 1 aromatic heterocycles. The minimum Gasteiger partial charge on any atom is -0.368 e. The number of likely N-dealkylation sites (N-methyl/N-ethyl adjacent to an activating group) is 1. The largest absolute Gasteiger partial charge is 0.368 e. The van der Waals surface area contributed by atoms with Crippen LogP contribution >= 0.6 is 11.6 Å². The van der Waals surface area contributed by atoms with E-state index in [1.807, 2.05) is 6.92 Å². The number of aryl methyl sites for hydroxylation is 1. The number of aromatic nitrogens is 2. The van der Waals surface area contributed by atoms with Crippen LogP contribution in [0.1, 0.15) is 24.8 Å². The maximum absolute atomic E-state index is 5.80. The molecule has 0 aliphatic heterocycles. The fourth-order valence-corrected chi connectivity index (χ4v) is 2.35. The number of hydrogen-bond acceptors (Lipinski definition) is 4. The van der Waals surface area contributed by atoms with Crippen LogP contribution in [0.4, 0.5) is 5.82 Å². The summed E-state index contributed by atoms with van der Waals surface area (Å²) >= 11 is 5.80. The summed E-state index contributed by atoms with van der Waals surface area (Å²) in [5.41, 5.74) is 1.31. The van der Waals surface area contributed by atoms with Crippen molar-refractivity contribution in [3.05, 3.63) is 17.0 Å². The quantitative estimate of drug-likeness (QED) is 0.838. The zero-order chi connectivity index (χ0) is 12.5. The number of hydrogen-bond donors (Lipinski definition) is 1. The van der Waals surface area contributed by atoms with E-state index in [-0.39, 0.29) is 5.54 Å². The second-order valence-corrected chi connectivity index (χ2v) is 5.33.